The van der Waals surface area contributed by atoms with E-state index in [0.29, 0.717) is 5.69 Å². The van der Waals surface area contributed by atoms with Gasteiger partial charge in [0.25, 0.3) is 5.91 Å². The molecule has 1 N–H and O–H groups in total. The summed E-state index contributed by atoms with van der Waals surface area (Å²) in [6, 6.07) is 5.50. The van der Waals surface area contributed by atoms with Crippen molar-refractivity contribution in [3.63, 3.8) is 0 Å². The summed E-state index contributed by atoms with van der Waals surface area (Å²) in [5.41, 5.74) is 0.787. The Morgan fingerprint density at radius 2 is 1.89 bits per heavy atom. The lowest BCUT2D eigenvalue weighted by atomic mass is 10.3. The third-order valence-electron chi connectivity index (χ3n) is 2.04. The molecule has 0 atom stereocenters. The first-order chi connectivity index (χ1) is 8.58. The van der Waals surface area contributed by atoms with Crippen molar-refractivity contribution in [1.29, 1.82) is 0 Å². The summed E-state index contributed by atoms with van der Waals surface area (Å²) in [6.07, 6.45) is 2.72. The number of amides is 1. The van der Waals surface area contributed by atoms with Crippen molar-refractivity contribution in [3.8, 4) is 0 Å². The van der Waals surface area contributed by atoms with Crippen LogP contribution in [0.15, 0.2) is 39.5 Å². The highest BCUT2D eigenvalue weighted by molar-refractivity contribution is 9.11. The van der Waals surface area contributed by atoms with Crippen molar-refractivity contribution in [2.75, 3.05) is 5.32 Å². The van der Waals surface area contributed by atoms with Gasteiger partial charge >= 0.3 is 0 Å². The zero-order valence-corrected chi connectivity index (χ0v) is 12.8. The number of aromatic nitrogens is 2. The fourth-order valence-electron chi connectivity index (χ4n) is 1.25. The maximum Gasteiger partial charge on any atom is 0.275 e. The number of carbonyl (C=O) groups is 1. The molecule has 1 aromatic carbocycles. The Labute approximate surface area is 125 Å². The van der Waals surface area contributed by atoms with Gasteiger partial charge in [-0.15, -0.1) is 0 Å². The summed E-state index contributed by atoms with van der Waals surface area (Å²) in [4.78, 5) is 19.7. The average Bonchev–Trinajstić information content (AvgIpc) is 2.34. The quantitative estimate of drug-likeness (QED) is 0.845. The molecule has 1 aromatic heterocycles. The molecule has 0 bridgehead atoms. The minimum Gasteiger partial charge on any atom is -0.319 e. The van der Waals surface area contributed by atoms with Crippen LogP contribution in [0.1, 0.15) is 10.5 Å². The van der Waals surface area contributed by atoms with E-state index in [2.05, 4.69) is 47.1 Å². The summed E-state index contributed by atoms with van der Waals surface area (Å²) in [5, 5.41) is 2.90. The SMILES string of the molecule is O=C(Nc1c(Br)cccc1Br)c1cncc(Cl)n1. The van der Waals surface area contributed by atoms with Gasteiger partial charge in [-0.05, 0) is 44.0 Å². The van der Waals surface area contributed by atoms with Crippen LogP contribution in [-0.2, 0) is 0 Å². The van der Waals surface area contributed by atoms with Gasteiger partial charge in [-0.3, -0.25) is 9.78 Å². The van der Waals surface area contributed by atoms with E-state index in [-0.39, 0.29) is 16.8 Å². The number of para-hydroxylation sites is 1. The maximum atomic E-state index is 12.0. The molecule has 1 heterocycles. The molecule has 1 amide bonds. The molecule has 2 aromatic rings. The second-order valence-electron chi connectivity index (χ2n) is 3.28. The Morgan fingerprint density at radius 1 is 1.22 bits per heavy atom. The zero-order chi connectivity index (χ0) is 13.1. The molecular formula is C11H6Br2ClN3O. The molecule has 18 heavy (non-hydrogen) atoms. The minimum atomic E-state index is -0.377. The number of anilines is 1. The van der Waals surface area contributed by atoms with E-state index in [4.69, 9.17) is 11.6 Å². The van der Waals surface area contributed by atoms with E-state index in [1.54, 1.807) is 0 Å². The lowest BCUT2D eigenvalue weighted by Crippen LogP contribution is -2.14. The lowest BCUT2D eigenvalue weighted by molar-refractivity contribution is 0.102. The first-order valence-corrected chi connectivity index (χ1v) is 6.77. The molecule has 0 aliphatic rings. The van der Waals surface area contributed by atoms with Gasteiger partial charge in [0.05, 0.1) is 18.1 Å². The van der Waals surface area contributed by atoms with Gasteiger partial charge in [0.1, 0.15) is 10.8 Å². The van der Waals surface area contributed by atoms with Gasteiger partial charge in [-0.2, -0.15) is 0 Å². The van der Waals surface area contributed by atoms with Crippen LogP contribution in [0.5, 0.6) is 0 Å². The third-order valence-corrected chi connectivity index (χ3v) is 3.54. The van der Waals surface area contributed by atoms with Crippen LogP contribution >= 0.6 is 43.5 Å². The van der Waals surface area contributed by atoms with E-state index in [1.165, 1.54) is 12.4 Å². The fraction of sp³-hybridized carbons (Fsp3) is 0. The number of nitrogens with one attached hydrogen (secondary N) is 1. The predicted molar refractivity (Wildman–Crippen MR) is 76.8 cm³/mol. The maximum absolute atomic E-state index is 12.0. The standard InChI is InChI=1S/C11H6Br2ClN3O/c12-6-2-1-3-7(13)10(6)17-11(18)8-4-15-5-9(14)16-8/h1-5H,(H,17,18). The van der Waals surface area contributed by atoms with Crippen LogP contribution in [0.4, 0.5) is 5.69 Å². The normalized spacial score (nSPS) is 10.2. The van der Waals surface area contributed by atoms with Crippen molar-refractivity contribution in [3.05, 3.63) is 50.4 Å². The van der Waals surface area contributed by atoms with Crippen LogP contribution in [0.2, 0.25) is 5.15 Å². The molecule has 0 saturated heterocycles. The molecule has 0 aliphatic heterocycles. The fourth-order valence-corrected chi connectivity index (χ4v) is 2.59. The van der Waals surface area contributed by atoms with Gasteiger partial charge in [-0.1, -0.05) is 17.7 Å². The van der Waals surface area contributed by atoms with Crippen molar-refractivity contribution in [1.82, 2.24) is 9.97 Å². The first kappa shape index (κ1) is 13.5. The molecule has 2 rings (SSSR count). The average molecular weight is 391 g/mol. The van der Waals surface area contributed by atoms with Crippen LogP contribution in [-0.4, -0.2) is 15.9 Å². The van der Waals surface area contributed by atoms with E-state index >= 15 is 0 Å². The highest BCUT2D eigenvalue weighted by atomic mass is 79.9. The number of rotatable bonds is 2. The highest BCUT2D eigenvalue weighted by Gasteiger charge is 2.12. The van der Waals surface area contributed by atoms with E-state index in [1.807, 2.05) is 18.2 Å². The Morgan fingerprint density at radius 3 is 2.50 bits per heavy atom. The summed E-state index contributed by atoms with van der Waals surface area (Å²) >= 11 is 12.4. The molecule has 4 nitrogen and oxygen atoms in total. The van der Waals surface area contributed by atoms with Gasteiger partial charge in [-0.25, -0.2) is 4.98 Å². The van der Waals surface area contributed by atoms with Crippen molar-refractivity contribution < 1.29 is 4.79 Å². The monoisotopic (exact) mass is 389 g/mol. The number of benzene rings is 1. The van der Waals surface area contributed by atoms with Gasteiger partial charge in [0, 0.05) is 8.95 Å². The van der Waals surface area contributed by atoms with Crippen molar-refractivity contribution in [2.24, 2.45) is 0 Å². The topological polar surface area (TPSA) is 54.9 Å². The van der Waals surface area contributed by atoms with Crippen molar-refractivity contribution in [2.45, 2.75) is 0 Å². The van der Waals surface area contributed by atoms with Crippen molar-refractivity contribution >= 4 is 55.1 Å². The molecule has 0 fully saturated rings. The number of halogens is 3. The number of carbonyl (C=O) groups excluding carboxylic acids is 1. The van der Waals surface area contributed by atoms with Crippen LogP contribution in [0.25, 0.3) is 0 Å². The Bertz CT molecular complexity index is 586. The van der Waals surface area contributed by atoms with E-state index < -0.39 is 0 Å². The lowest BCUT2D eigenvalue weighted by Gasteiger charge is -2.08. The Balaban J connectivity index is 2.27. The Hall–Kier alpha value is -0.980. The van der Waals surface area contributed by atoms with E-state index in [0.717, 1.165) is 8.95 Å². The minimum absolute atomic E-state index is 0.158. The summed E-state index contributed by atoms with van der Waals surface area (Å²) in [7, 11) is 0. The number of hydrogen-bond donors (Lipinski definition) is 1. The smallest absolute Gasteiger partial charge is 0.275 e. The van der Waals surface area contributed by atoms with Crippen LogP contribution < -0.4 is 5.32 Å². The molecule has 0 saturated carbocycles. The summed E-state index contributed by atoms with van der Waals surface area (Å²) in [6.45, 7) is 0. The zero-order valence-electron chi connectivity index (χ0n) is 8.82. The van der Waals surface area contributed by atoms with Crippen LogP contribution in [0, 0.1) is 0 Å². The molecule has 0 unspecified atom stereocenters. The molecule has 7 heteroatoms. The summed E-state index contributed by atoms with van der Waals surface area (Å²) < 4.78 is 1.53. The number of nitrogens with zero attached hydrogens (tertiary/aromatic N) is 2. The number of hydrogen-bond acceptors (Lipinski definition) is 3. The summed E-state index contributed by atoms with van der Waals surface area (Å²) in [5.74, 6) is -0.377. The first-order valence-electron chi connectivity index (χ1n) is 4.81. The third kappa shape index (κ3) is 3.07. The van der Waals surface area contributed by atoms with Gasteiger partial charge in [0.15, 0.2) is 0 Å². The molecule has 0 radical (unpaired) electrons. The van der Waals surface area contributed by atoms with Gasteiger partial charge in [0.2, 0.25) is 0 Å². The second kappa shape index (κ2) is 5.77. The largest absolute Gasteiger partial charge is 0.319 e. The van der Waals surface area contributed by atoms with E-state index in [9.17, 15) is 4.79 Å². The van der Waals surface area contributed by atoms with Gasteiger partial charge < -0.3 is 5.32 Å². The predicted octanol–water partition coefficient (Wildman–Crippen LogP) is 3.91. The Kier molecular flexibility index (Phi) is 4.31. The highest BCUT2D eigenvalue weighted by Crippen LogP contribution is 2.30. The molecule has 92 valence electrons. The molecular weight excluding hydrogens is 385 g/mol. The van der Waals surface area contributed by atoms with Crippen LogP contribution in [0.3, 0.4) is 0 Å². The second-order valence-corrected chi connectivity index (χ2v) is 5.37. The molecule has 0 aliphatic carbocycles. The molecule has 0 spiro atoms.